The normalized spacial score (nSPS) is 18.3. The van der Waals surface area contributed by atoms with Crippen LogP contribution in [0.15, 0.2) is 72.0 Å². The fourth-order valence-corrected chi connectivity index (χ4v) is 5.20. The summed E-state index contributed by atoms with van der Waals surface area (Å²) in [5.74, 6) is 0.200. The quantitative estimate of drug-likeness (QED) is 0.275. The van der Waals surface area contributed by atoms with Crippen LogP contribution >= 0.6 is 0 Å². The number of aryl methyl sites for hydroxylation is 1. The van der Waals surface area contributed by atoms with E-state index in [1.807, 2.05) is 26.0 Å². The number of morpholine rings is 1. The summed E-state index contributed by atoms with van der Waals surface area (Å²) in [6, 6.07) is 10.2. The van der Waals surface area contributed by atoms with Gasteiger partial charge in [0.15, 0.2) is 0 Å². The van der Waals surface area contributed by atoms with Crippen LogP contribution in [0.1, 0.15) is 35.3 Å². The average molecular weight is 651 g/mol. The summed E-state index contributed by atoms with van der Waals surface area (Å²) in [5.41, 5.74) is 1.30. The van der Waals surface area contributed by atoms with Gasteiger partial charge in [-0.15, -0.1) is 0 Å². The predicted octanol–water partition coefficient (Wildman–Crippen LogP) is 5.63. The molecule has 3 amide bonds. The molecule has 2 aliphatic heterocycles. The molecule has 1 saturated heterocycles. The molecule has 5 rings (SSSR count). The highest BCUT2D eigenvalue weighted by molar-refractivity contribution is 6.06. The van der Waals surface area contributed by atoms with E-state index in [-0.39, 0.29) is 17.6 Å². The molecule has 1 fully saturated rings. The Kier molecular flexibility index (Phi) is 10.5. The van der Waals surface area contributed by atoms with Gasteiger partial charge in [-0.2, -0.15) is 13.2 Å². The van der Waals surface area contributed by atoms with E-state index in [2.05, 4.69) is 35.8 Å². The molecular formula is C33H37F3N8O3. The summed E-state index contributed by atoms with van der Waals surface area (Å²) in [5, 5.41) is 8.92. The molecule has 0 spiro atoms. The minimum absolute atomic E-state index is 0.0107. The third kappa shape index (κ3) is 8.92. The maximum Gasteiger partial charge on any atom is 0.416 e. The number of hydrogen-bond donors (Lipinski definition) is 3. The number of nitrogens with zero attached hydrogens (tertiary/aromatic N) is 5. The van der Waals surface area contributed by atoms with Crippen LogP contribution in [0.3, 0.4) is 0 Å². The first-order valence-corrected chi connectivity index (χ1v) is 15.3. The molecular weight excluding hydrogens is 613 g/mol. The van der Waals surface area contributed by atoms with Crippen molar-refractivity contribution in [1.82, 2.24) is 14.9 Å². The first-order valence-electron chi connectivity index (χ1n) is 15.3. The second-order valence-corrected chi connectivity index (χ2v) is 11.4. The molecule has 11 nitrogen and oxygen atoms in total. The van der Waals surface area contributed by atoms with Crippen LogP contribution in [0, 0.1) is 6.92 Å². The first-order chi connectivity index (χ1) is 22.5. The van der Waals surface area contributed by atoms with Gasteiger partial charge in [-0.3, -0.25) is 19.6 Å². The highest BCUT2D eigenvalue weighted by Gasteiger charge is 2.31. The van der Waals surface area contributed by atoms with Crippen LogP contribution in [0.4, 0.5) is 41.0 Å². The molecule has 14 heteroatoms. The first kappa shape index (κ1) is 33.5. The monoisotopic (exact) mass is 650 g/mol. The van der Waals surface area contributed by atoms with Crippen LogP contribution in [-0.4, -0.2) is 84.0 Å². The van der Waals surface area contributed by atoms with Crippen LogP contribution < -0.4 is 20.9 Å². The number of hydrogen-bond acceptors (Lipinski definition) is 8. The average Bonchev–Trinajstić information content (AvgIpc) is 3.04. The number of aromatic nitrogens is 2. The van der Waals surface area contributed by atoms with Gasteiger partial charge in [0.1, 0.15) is 18.0 Å². The lowest BCUT2D eigenvalue weighted by Gasteiger charge is -2.30. The maximum atomic E-state index is 13.9. The van der Waals surface area contributed by atoms with E-state index < -0.39 is 23.7 Å². The second kappa shape index (κ2) is 14.7. The van der Waals surface area contributed by atoms with Crippen molar-refractivity contribution in [2.24, 2.45) is 4.99 Å². The van der Waals surface area contributed by atoms with E-state index in [0.29, 0.717) is 54.9 Å². The van der Waals surface area contributed by atoms with Crippen molar-refractivity contribution < 1.29 is 27.5 Å². The number of nitrogens with one attached hydrogen (secondary N) is 3. The number of dihydropyridines is 1. The van der Waals surface area contributed by atoms with E-state index in [1.54, 1.807) is 31.2 Å². The minimum atomic E-state index is -4.58. The van der Waals surface area contributed by atoms with E-state index in [0.717, 1.165) is 30.9 Å². The maximum absolute atomic E-state index is 13.9. The number of alkyl halides is 3. The zero-order valence-corrected chi connectivity index (χ0v) is 26.3. The molecule has 47 heavy (non-hydrogen) atoms. The second-order valence-electron chi connectivity index (χ2n) is 11.4. The smallest absolute Gasteiger partial charge is 0.379 e. The Labute approximate surface area is 270 Å². The topological polar surface area (TPSA) is 124 Å². The molecule has 3 aromatic rings. The third-order valence-corrected chi connectivity index (χ3v) is 7.89. The lowest BCUT2D eigenvalue weighted by atomic mass is 10.1. The Hall–Kier alpha value is -4.82. The van der Waals surface area contributed by atoms with E-state index in [4.69, 9.17) is 4.74 Å². The number of halogens is 3. The molecule has 2 atom stereocenters. The molecule has 0 bridgehead atoms. The van der Waals surface area contributed by atoms with Crippen molar-refractivity contribution in [2.45, 2.75) is 39.0 Å². The number of urea groups is 1. The van der Waals surface area contributed by atoms with Gasteiger partial charge in [-0.1, -0.05) is 18.2 Å². The zero-order chi connectivity index (χ0) is 33.6. The largest absolute Gasteiger partial charge is 0.416 e. The zero-order valence-electron chi connectivity index (χ0n) is 26.3. The van der Waals surface area contributed by atoms with Gasteiger partial charge < -0.3 is 20.7 Å². The molecule has 248 valence electrons. The van der Waals surface area contributed by atoms with Crippen LogP contribution in [0.25, 0.3) is 0 Å². The van der Waals surface area contributed by atoms with Gasteiger partial charge in [0, 0.05) is 54.9 Å². The van der Waals surface area contributed by atoms with Crippen LogP contribution in [-0.2, 0) is 10.9 Å². The predicted molar refractivity (Wildman–Crippen MR) is 175 cm³/mol. The Morgan fingerprint density at radius 1 is 1.04 bits per heavy atom. The number of carbonyl (C=O) groups is 2. The van der Waals surface area contributed by atoms with Gasteiger partial charge in [0.05, 0.1) is 30.9 Å². The standard InChI is InChI=1S/C33H37F3N8O3/c1-21-7-9-26(40-31(45)24-5-4-6-25(17-24)33(34,35)36)18-28(21)42-32(46)44(12-11-43-13-15-47-16-14-43)30-19-29(37-20-38-30)41-27-10-8-22(2)39-23(27)3/h4-10,17-20,23,27H,11-16H2,1-3H3,(H,40,45)(H,42,46)(H,37,38,41). The Morgan fingerprint density at radius 2 is 1.83 bits per heavy atom. The number of anilines is 4. The van der Waals surface area contributed by atoms with Gasteiger partial charge >= 0.3 is 12.2 Å². The van der Waals surface area contributed by atoms with Crippen LogP contribution in [0.5, 0.6) is 0 Å². The molecule has 0 saturated carbocycles. The number of benzene rings is 2. The molecule has 0 radical (unpaired) electrons. The fraction of sp³-hybridized carbons (Fsp3) is 0.364. The number of ether oxygens (including phenoxy) is 1. The molecule has 1 aromatic heterocycles. The lowest BCUT2D eigenvalue weighted by molar-refractivity contribution is -0.137. The van der Waals surface area contributed by atoms with Crippen molar-refractivity contribution in [1.29, 1.82) is 0 Å². The van der Waals surface area contributed by atoms with Crippen molar-refractivity contribution in [2.75, 3.05) is 60.2 Å². The van der Waals surface area contributed by atoms with E-state index in [9.17, 15) is 22.8 Å². The van der Waals surface area contributed by atoms with Gasteiger partial charge in [-0.25, -0.2) is 14.8 Å². The van der Waals surface area contributed by atoms with Crippen molar-refractivity contribution >= 4 is 40.7 Å². The third-order valence-electron chi connectivity index (χ3n) is 7.89. The van der Waals surface area contributed by atoms with E-state index >= 15 is 0 Å². The summed E-state index contributed by atoms with van der Waals surface area (Å²) in [4.78, 5) is 43.8. The molecule has 0 aliphatic carbocycles. The fourth-order valence-electron chi connectivity index (χ4n) is 5.20. The number of carbonyl (C=O) groups excluding carboxylic acids is 2. The number of allylic oxidation sites excluding steroid dienone is 1. The molecule has 2 aliphatic rings. The van der Waals surface area contributed by atoms with Gasteiger partial charge in [0.25, 0.3) is 5.91 Å². The highest BCUT2D eigenvalue weighted by Crippen LogP contribution is 2.30. The summed E-state index contributed by atoms with van der Waals surface area (Å²) >= 11 is 0. The summed E-state index contributed by atoms with van der Waals surface area (Å²) < 4.78 is 45.0. The molecule has 2 unspecified atom stereocenters. The van der Waals surface area contributed by atoms with Crippen molar-refractivity contribution in [3.8, 4) is 0 Å². The van der Waals surface area contributed by atoms with Crippen LogP contribution in [0.2, 0.25) is 0 Å². The van der Waals surface area contributed by atoms with Gasteiger partial charge in [-0.05, 0) is 62.7 Å². The lowest BCUT2D eigenvalue weighted by Crippen LogP contribution is -2.44. The number of amides is 3. The Morgan fingerprint density at radius 3 is 2.57 bits per heavy atom. The summed E-state index contributed by atoms with van der Waals surface area (Å²) in [6.07, 6.45) is 0.790. The van der Waals surface area contributed by atoms with Crippen molar-refractivity contribution in [3.05, 3.63) is 83.7 Å². The van der Waals surface area contributed by atoms with Crippen molar-refractivity contribution in [3.63, 3.8) is 0 Å². The Balaban J connectivity index is 1.34. The highest BCUT2D eigenvalue weighted by atomic mass is 19.4. The summed E-state index contributed by atoms with van der Waals surface area (Å²) in [6.45, 7) is 9.34. The summed E-state index contributed by atoms with van der Waals surface area (Å²) in [7, 11) is 0. The SMILES string of the molecule is CC1=NC(C)C(Nc2cc(N(CCN3CCOCC3)C(=O)Nc3cc(NC(=O)c4cccc(C(F)(F)F)c4)ccc3C)ncn2)C=C1. The van der Waals surface area contributed by atoms with Gasteiger partial charge in [0.2, 0.25) is 0 Å². The number of rotatable bonds is 9. The molecule has 3 N–H and O–H groups in total. The van der Waals surface area contributed by atoms with E-state index in [1.165, 1.54) is 23.4 Å². The molecule has 3 heterocycles. The Bertz CT molecular complexity index is 1660. The molecule has 2 aromatic carbocycles. The minimum Gasteiger partial charge on any atom is -0.379 e. The number of aliphatic imine (C=N–C) groups is 1.